The number of carbonyl (C=O) groups excluding carboxylic acids is 1. The van der Waals surface area contributed by atoms with Crippen LogP contribution in [0.4, 0.5) is 10.8 Å². The van der Waals surface area contributed by atoms with Gasteiger partial charge in [0.2, 0.25) is 5.91 Å². The minimum Gasteiger partial charge on any atom is -0.325 e. The van der Waals surface area contributed by atoms with Crippen molar-refractivity contribution in [3.8, 4) is 0 Å². The van der Waals surface area contributed by atoms with Gasteiger partial charge in [0.15, 0.2) is 5.13 Å². The Hall–Kier alpha value is -2.36. The van der Waals surface area contributed by atoms with Crippen LogP contribution in [0.1, 0.15) is 5.56 Å². The molecule has 2 aromatic carbocycles. The number of thioether (sulfide) groups is 1. The third kappa shape index (κ3) is 5.81. The van der Waals surface area contributed by atoms with Crippen molar-refractivity contribution < 1.29 is 13.2 Å². The van der Waals surface area contributed by atoms with Crippen molar-refractivity contribution in [3.05, 3.63) is 71.7 Å². The number of anilines is 2. The van der Waals surface area contributed by atoms with Gasteiger partial charge in [-0.3, -0.25) is 9.52 Å². The van der Waals surface area contributed by atoms with E-state index in [9.17, 15) is 13.2 Å². The predicted molar refractivity (Wildman–Crippen MR) is 111 cm³/mol. The van der Waals surface area contributed by atoms with Crippen LogP contribution in [-0.4, -0.2) is 25.1 Å². The molecule has 1 amide bonds. The highest BCUT2D eigenvalue weighted by Crippen LogP contribution is 2.20. The molecule has 140 valence electrons. The van der Waals surface area contributed by atoms with Crippen molar-refractivity contribution in [3.63, 3.8) is 0 Å². The normalized spacial score (nSPS) is 11.1. The summed E-state index contributed by atoms with van der Waals surface area (Å²) in [5.74, 6) is 0.946. The summed E-state index contributed by atoms with van der Waals surface area (Å²) in [6.07, 6.45) is 1.52. The van der Waals surface area contributed by atoms with E-state index in [0.717, 1.165) is 11.3 Å². The number of nitrogens with zero attached hydrogens (tertiary/aromatic N) is 1. The molecule has 0 saturated carbocycles. The van der Waals surface area contributed by atoms with Crippen LogP contribution < -0.4 is 10.0 Å². The zero-order valence-corrected chi connectivity index (χ0v) is 16.6. The summed E-state index contributed by atoms with van der Waals surface area (Å²) in [5, 5.41) is 4.76. The fourth-order valence-corrected chi connectivity index (χ4v) is 4.77. The van der Waals surface area contributed by atoms with Crippen LogP contribution in [0, 0.1) is 0 Å². The molecule has 1 heterocycles. The molecule has 0 spiro atoms. The van der Waals surface area contributed by atoms with E-state index in [0.29, 0.717) is 16.6 Å². The molecule has 0 bridgehead atoms. The van der Waals surface area contributed by atoms with Gasteiger partial charge in [-0.15, -0.1) is 23.1 Å². The first-order valence-corrected chi connectivity index (χ1v) is 11.5. The summed E-state index contributed by atoms with van der Waals surface area (Å²) >= 11 is 2.72. The van der Waals surface area contributed by atoms with Crippen molar-refractivity contribution in [2.24, 2.45) is 0 Å². The first kappa shape index (κ1) is 19.4. The molecule has 3 rings (SSSR count). The van der Waals surface area contributed by atoms with Gasteiger partial charge in [-0.25, -0.2) is 13.4 Å². The van der Waals surface area contributed by atoms with Crippen molar-refractivity contribution >= 4 is 49.8 Å². The molecule has 0 aliphatic carbocycles. The van der Waals surface area contributed by atoms with Crippen molar-refractivity contribution in [1.82, 2.24) is 4.98 Å². The molecular formula is C18H17N3O3S3. The topological polar surface area (TPSA) is 88.2 Å². The van der Waals surface area contributed by atoms with Crippen LogP contribution in [0.5, 0.6) is 0 Å². The van der Waals surface area contributed by atoms with Crippen molar-refractivity contribution in [2.75, 3.05) is 15.8 Å². The number of hydrogen-bond acceptors (Lipinski definition) is 6. The summed E-state index contributed by atoms with van der Waals surface area (Å²) < 4.78 is 27.0. The van der Waals surface area contributed by atoms with Gasteiger partial charge in [0.1, 0.15) is 0 Å². The maximum atomic E-state index is 12.3. The fourth-order valence-electron chi connectivity index (χ4n) is 2.20. The van der Waals surface area contributed by atoms with Crippen LogP contribution in [0.15, 0.2) is 71.1 Å². The Morgan fingerprint density at radius 2 is 1.81 bits per heavy atom. The summed E-state index contributed by atoms with van der Waals surface area (Å²) in [6, 6.07) is 16.0. The van der Waals surface area contributed by atoms with Crippen molar-refractivity contribution in [1.29, 1.82) is 0 Å². The Balaban J connectivity index is 1.51. The minimum atomic E-state index is -3.69. The minimum absolute atomic E-state index is 0.106. The van der Waals surface area contributed by atoms with E-state index in [-0.39, 0.29) is 10.8 Å². The third-order valence-corrected chi connectivity index (χ3v) is 6.62. The standard InChI is InChI=1S/C18H17N3O3S3/c22-17(13-25-12-14-4-2-1-3-5-14)20-15-6-8-16(9-7-15)27(23,24)21-18-19-10-11-26-18/h1-11H,12-13H2,(H,19,21)(H,20,22). The molecule has 3 aromatic rings. The van der Waals surface area contributed by atoms with E-state index >= 15 is 0 Å². The second kappa shape index (κ2) is 9.03. The Kier molecular flexibility index (Phi) is 6.49. The van der Waals surface area contributed by atoms with Crippen LogP contribution in [0.3, 0.4) is 0 Å². The number of carbonyl (C=O) groups is 1. The molecule has 0 unspecified atom stereocenters. The number of sulfonamides is 1. The monoisotopic (exact) mass is 419 g/mol. The summed E-state index contributed by atoms with van der Waals surface area (Å²) in [5.41, 5.74) is 1.71. The zero-order chi connectivity index (χ0) is 19.1. The van der Waals surface area contributed by atoms with Crippen LogP contribution >= 0.6 is 23.1 Å². The van der Waals surface area contributed by atoms with E-state index in [1.165, 1.54) is 41.4 Å². The van der Waals surface area contributed by atoms with E-state index in [1.54, 1.807) is 17.5 Å². The van der Waals surface area contributed by atoms with Crippen LogP contribution in [-0.2, 0) is 20.6 Å². The van der Waals surface area contributed by atoms with Gasteiger partial charge < -0.3 is 5.32 Å². The maximum absolute atomic E-state index is 12.3. The van der Waals surface area contributed by atoms with Crippen molar-refractivity contribution in [2.45, 2.75) is 10.6 Å². The Bertz CT molecular complexity index is 974. The Morgan fingerprint density at radius 3 is 2.48 bits per heavy atom. The number of rotatable bonds is 8. The van der Waals surface area contributed by atoms with Gasteiger partial charge in [0.25, 0.3) is 10.0 Å². The lowest BCUT2D eigenvalue weighted by Gasteiger charge is -2.08. The average molecular weight is 420 g/mol. The second-order valence-corrected chi connectivity index (χ2v) is 9.06. The van der Waals surface area contributed by atoms with Gasteiger partial charge in [-0.05, 0) is 29.8 Å². The average Bonchev–Trinajstić information content (AvgIpc) is 3.15. The lowest BCUT2D eigenvalue weighted by atomic mass is 10.2. The van der Waals surface area contributed by atoms with Gasteiger partial charge in [-0.1, -0.05) is 30.3 Å². The predicted octanol–water partition coefficient (Wildman–Crippen LogP) is 3.82. The molecule has 0 saturated heterocycles. The summed E-state index contributed by atoms with van der Waals surface area (Å²) in [4.78, 5) is 16.0. The Labute approximate surface area is 166 Å². The number of thiazole rings is 1. The van der Waals surface area contributed by atoms with E-state index in [4.69, 9.17) is 0 Å². The third-order valence-electron chi connectivity index (χ3n) is 3.45. The highest BCUT2D eigenvalue weighted by Gasteiger charge is 2.15. The lowest BCUT2D eigenvalue weighted by molar-refractivity contribution is -0.113. The summed E-state index contributed by atoms with van der Waals surface area (Å²) in [6.45, 7) is 0. The molecule has 27 heavy (non-hydrogen) atoms. The maximum Gasteiger partial charge on any atom is 0.263 e. The molecular weight excluding hydrogens is 402 g/mol. The molecule has 9 heteroatoms. The van der Waals surface area contributed by atoms with E-state index in [2.05, 4.69) is 15.0 Å². The smallest absolute Gasteiger partial charge is 0.263 e. The fraction of sp³-hybridized carbons (Fsp3) is 0.111. The van der Waals surface area contributed by atoms with Gasteiger partial charge in [-0.2, -0.15) is 0 Å². The zero-order valence-electron chi connectivity index (χ0n) is 14.2. The molecule has 0 atom stereocenters. The van der Waals surface area contributed by atoms with Gasteiger partial charge >= 0.3 is 0 Å². The molecule has 6 nitrogen and oxygen atoms in total. The SMILES string of the molecule is O=C(CSCc1ccccc1)Nc1ccc(S(=O)(=O)Nc2nccs2)cc1. The number of benzene rings is 2. The highest BCUT2D eigenvalue weighted by atomic mass is 32.2. The molecule has 1 aromatic heterocycles. The quantitative estimate of drug-likeness (QED) is 0.580. The van der Waals surface area contributed by atoms with Gasteiger partial charge in [0, 0.05) is 23.0 Å². The molecule has 0 fully saturated rings. The molecule has 0 aliphatic rings. The Morgan fingerprint density at radius 1 is 1.07 bits per heavy atom. The van der Waals surface area contributed by atoms with E-state index in [1.807, 2.05) is 30.3 Å². The number of hydrogen-bond donors (Lipinski definition) is 2. The molecule has 0 aliphatic heterocycles. The number of nitrogens with one attached hydrogen (secondary N) is 2. The first-order valence-electron chi connectivity index (χ1n) is 7.97. The van der Waals surface area contributed by atoms with Gasteiger partial charge in [0.05, 0.1) is 10.6 Å². The first-order chi connectivity index (χ1) is 13.0. The summed E-state index contributed by atoms with van der Waals surface area (Å²) in [7, 11) is -3.69. The number of aromatic nitrogens is 1. The number of amides is 1. The highest BCUT2D eigenvalue weighted by molar-refractivity contribution is 7.99. The molecule has 0 radical (unpaired) electrons. The lowest BCUT2D eigenvalue weighted by Crippen LogP contribution is -2.15. The second-order valence-electron chi connectivity index (χ2n) is 5.49. The van der Waals surface area contributed by atoms with Crippen LogP contribution in [0.25, 0.3) is 0 Å². The molecule has 2 N–H and O–H groups in total. The largest absolute Gasteiger partial charge is 0.325 e. The van der Waals surface area contributed by atoms with E-state index < -0.39 is 10.0 Å². The van der Waals surface area contributed by atoms with Crippen LogP contribution in [0.2, 0.25) is 0 Å².